The fourth-order valence-corrected chi connectivity index (χ4v) is 2.21. The molecule has 0 saturated heterocycles. The van der Waals surface area contributed by atoms with E-state index in [0.29, 0.717) is 17.5 Å². The van der Waals surface area contributed by atoms with Crippen LogP contribution in [0.2, 0.25) is 0 Å². The fourth-order valence-electron chi connectivity index (χ4n) is 2.21. The van der Waals surface area contributed by atoms with E-state index < -0.39 is 5.97 Å². The molecule has 1 unspecified atom stereocenters. The van der Waals surface area contributed by atoms with Gasteiger partial charge in [-0.3, -0.25) is 0 Å². The van der Waals surface area contributed by atoms with Crippen molar-refractivity contribution in [1.82, 2.24) is 5.32 Å². The molecule has 1 aromatic carbocycles. The van der Waals surface area contributed by atoms with Gasteiger partial charge in [0.1, 0.15) is 0 Å². The predicted octanol–water partition coefficient (Wildman–Crippen LogP) is 3.30. The number of aromatic carboxylic acids is 1. The fraction of sp³-hybridized carbons (Fsp3) is 0.533. The van der Waals surface area contributed by atoms with E-state index in [4.69, 9.17) is 5.11 Å². The van der Waals surface area contributed by atoms with Crippen LogP contribution in [0.1, 0.15) is 49.5 Å². The highest BCUT2D eigenvalue weighted by atomic mass is 16.4. The summed E-state index contributed by atoms with van der Waals surface area (Å²) in [4.78, 5) is 10.7. The summed E-state index contributed by atoms with van der Waals surface area (Å²) in [5, 5.41) is 12.3. The van der Waals surface area contributed by atoms with Crippen LogP contribution in [0.5, 0.6) is 0 Å². The molecule has 0 aliphatic heterocycles. The maximum absolute atomic E-state index is 10.7. The standard InChI is InChI=1S/C15H23NO2/c1-4-13(5-2)11(3)16-10-12-6-8-14(9-7-12)15(17)18/h6-9,11,13,16H,4-5,10H2,1-3H3,(H,17,18). The quantitative estimate of drug-likeness (QED) is 0.779. The first kappa shape index (κ1) is 14.7. The van der Waals surface area contributed by atoms with Crippen molar-refractivity contribution in [1.29, 1.82) is 0 Å². The largest absolute Gasteiger partial charge is 0.478 e. The Labute approximate surface area is 109 Å². The molecule has 0 aliphatic rings. The lowest BCUT2D eigenvalue weighted by Crippen LogP contribution is -2.32. The summed E-state index contributed by atoms with van der Waals surface area (Å²) >= 11 is 0. The number of hydrogen-bond donors (Lipinski definition) is 2. The van der Waals surface area contributed by atoms with Gasteiger partial charge in [-0.15, -0.1) is 0 Å². The summed E-state index contributed by atoms with van der Waals surface area (Å²) in [7, 11) is 0. The zero-order valence-corrected chi connectivity index (χ0v) is 11.4. The number of benzene rings is 1. The van der Waals surface area contributed by atoms with Gasteiger partial charge >= 0.3 is 5.97 Å². The van der Waals surface area contributed by atoms with Crippen molar-refractivity contribution >= 4 is 5.97 Å². The van der Waals surface area contributed by atoms with Gasteiger partial charge in [-0.05, 0) is 30.5 Å². The summed E-state index contributed by atoms with van der Waals surface area (Å²) in [5.74, 6) is -0.178. The van der Waals surface area contributed by atoms with E-state index in [1.54, 1.807) is 12.1 Å². The Kier molecular flexibility index (Phi) is 5.86. The van der Waals surface area contributed by atoms with Crippen LogP contribution in [0, 0.1) is 5.92 Å². The summed E-state index contributed by atoms with van der Waals surface area (Å²) in [6.45, 7) is 7.43. The molecule has 0 fully saturated rings. The zero-order valence-electron chi connectivity index (χ0n) is 11.4. The van der Waals surface area contributed by atoms with Gasteiger partial charge in [0.15, 0.2) is 0 Å². The lowest BCUT2D eigenvalue weighted by Gasteiger charge is -2.22. The lowest BCUT2D eigenvalue weighted by atomic mass is 9.95. The summed E-state index contributed by atoms with van der Waals surface area (Å²) < 4.78 is 0. The van der Waals surface area contributed by atoms with Crippen LogP contribution in [0.15, 0.2) is 24.3 Å². The Bertz CT molecular complexity index is 369. The second kappa shape index (κ2) is 7.17. The van der Waals surface area contributed by atoms with Gasteiger partial charge in [0.25, 0.3) is 0 Å². The highest BCUT2D eigenvalue weighted by molar-refractivity contribution is 5.87. The number of carboxylic acids is 1. The molecule has 0 aliphatic carbocycles. The smallest absolute Gasteiger partial charge is 0.335 e. The van der Waals surface area contributed by atoms with Crippen molar-refractivity contribution in [2.75, 3.05) is 0 Å². The lowest BCUT2D eigenvalue weighted by molar-refractivity contribution is 0.0697. The van der Waals surface area contributed by atoms with Gasteiger partial charge in [0.05, 0.1) is 5.56 Å². The van der Waals surface area contributed by atoms with Crippen molar-refractivity contribution in [3.8, 4) is 0 Å². The average Bonchev–Trinajstić information content (AvgIpc) is 2.38. The predicted molar refractivity (Wildman–Crippen MR) is 73.8 cm³/mol. The number of nitrogens with one attached hydrogen (secondary N) is 1. The molecule has 3 nitrogen and oxygen atoms in total. The maximum atomic E-state index is 10.7. The molecule has 0 saturated carbocycles. The third-order valence-electron chi connectivity index (χ3n) is 3.58. The zero-order chi connectivity index (χ0) is 13.5. The number of carbonyl (C=O) groups is 1. The normalized spacial score (nSPS) is 12.7. The molecule has 0 heterocycles. The Morgan fingerprint density at radius 2 is 1.78 bits per heavy atom. The highest BCUT2D eigenvalue weighted by Gasteiger charge is 2.12. The van der Waals surface area contributed by atoms with E-state index in [1.165, 1.54) is 12.8 Å². The molecule has 1 aromatic rings. The molecule has 0 spiro atoms. The molecule has 0 aromatic heterocycles. The van der Waals surface area contributed by atoms with Crippen LogP contribution < -0.4 is 5.32 Å². The van der Waals surface area contributed by atoms with E-state index in [1.807, 2.05) is 12.1 Å². The second-order valence-electron chi connectivity index (χ2n) is 4.75. The van der Waals surface area contributed by atoms with Crippen molar-refractivity contribution in [3.05, 3.63) is 35.4 Å². The molecule has 0 radical (unpaired) electrons. The van der Waals surface area contributed by atoms with Gasteiger partial charge in [-0.1, -0.05) is 38.8 Å². The van der Waals surface area contributed by atoms with E-state index >= 15 is 0 Å². The SMILES string of the molecule is CCC(CC)C(C)NCc1ccc(C(=O)O)cc1. The first-order chi connectivity index (χ1) is 8.58. The number of hydrogen-bond acceptors (Lipinski definition) is 2. The van der Waals surface area contributed by atoms with Gasteiger partial charge in [0.2, 0.25) is 0 Å². The molecule has 1 atom stereocenters. The van der Waals surface area contributed by atoms with Crippen molar-refractivity contribution in [2.24, 2.45) is 5.92 Å². The summed E-state index contributed by atoms with van der Waals surface area (Å²) in [5.41, 5.74) is 1.46. The maximum Gasteiger partial charge on any atom is 0.335 e. The van der Waals surface area contributed by atoms with Gasteiger partial charge in [0, 0.05) is 12.6 Å². The minimum Gasteiger partial charge on any atom is -0.478 e. The van der Waals surface area contributed by atoms with Crippen LogP contribution in [0.25, 0.3) is 0 Å². The van der Waals surface area contributed by atoms with E-state index in [-0.39, 0.29) is 0 Å². The Hall–Kier alpha value is -1.35. The number of carboxylic acid groups (broad SMARTS) is 1. The first-order valence-corrected chi connectivity index (χ1v) is 6.64. The summed E-state index contributed by atoms with van der Waals surface area (Å²) in [6.07, 6.45) is 2.37. The molecular weight excluding hydrogens is 226 g/mol. The van der Waals surface area contributed by atoms with Crippen LogP contribution in [0.3, 0.4) is 0 Å². The summed E-state index contributed by atoms with van der Waals surface area (Å²) in [6, 6.07) is 7.54. The molecular formula is C15H23NO2. The van der Waals surface area contributed by atoms with Gasteiger partial charge < -0.3 is 10.4 Å². The van der Waals surface area contributed by atoms with Crippen LogP contribution in [-0.4, -0.2) is 17.1 Å². The van der Waals surface area contributed by atoms with Gasteiger partial charge in [-0.25, -0.2) is 4.79 Å². The van der Waals surface area contributed by atoms with Crippen molar-refractivity contribution in [3.63, 3.8) is 0 Å². The van der Waals surface area contributed by atoms with Crippen molar-refractivity contribution in [2.45, 2.75) is 46.2 Å². The van der Waals surface area contributed by atoms with Crippen LogP contribution >= 0.6 is 0 Å². The molecule has 1 rings (SSSR count). The first-order valence-electron chi connectivity index (χ1n) is 6.64. The average molecular weight is 249 g/mol. The van der Waals surface area contributed by atoms with E-state index in [2.05, 4.69) is 26.1 Å². The molecule has 2 N–H and O–H groups in total. The minimum absolute atomic E-state index is 0.340. The Morgan fingerprint density at radius 1 is 1.22 bits per heavy atom. The molecule has 100 valence electrons. The van der Waals surface area contributed by atoms with E-state index in [9.17, 15) is 4.79 Å². The Balaban J connectivity index is 2.50. The second-order valence-corrected chi connectivity index (χ2v) is 4.75. The topological polar surface area (TPSA) is 49.3 Å². The van der Waals surface area contributed by atoms with E-state index in [0.717, 1.165) is 12.1 Å². The molecule has 3 heteroatoms. The molecule has 0 bridgehead atoms. The highest BCUT2D eigenvalue weighted by Crippen LogP contribution is 2.13. The Morgan fingerprint density at radius 3 is 2.22 bits per heavy atom. The molecule has 18 heavy (non-hydrogen) atoms. The van der Waals surface area contributed by atoms with Crippen LogP contribution in [0.4, 0.5) is 0 Å². The minimum atomic E-state index is -0.875. The van der Waals surface area contributed by atoms with Crippen molar-refractivity contribution < 1.29 is 9.90 Å². The van der Waals surface area contributed by atoms with Gasteiger partial charge in [-0.2, -0.15) is 0 Å². The third-order valence-corrected chi connectivity index (χ3v) is 3.58. The number of rotatable bonds is 7. The monoisotopic (exact) mass is 249 g/mol. The molecule has 0 amide bonds. The van der Waals surface area contributed by atoms with Crippen LogP contribution in [-0.2, 0) is 6.54 Å². The third kappa shape index (κ3) is 4.15.